The average Bonchev–Trinajstić information content (AvgIpc) is 3.46. The van der Waals surface area contributed by atoms with Crippen molar-refractivity contribution in [3.8, 4) is 111 Å². The van der Waals surface area contributed by atoms with Crippen LogP contribution in [-0.4, -0.2) is 19.7 Å². The molecular weight excluding hydrogens is 1060 g/mol. The van der Waals surface area contributed by atoms with E-state index >= 15 is 35.1 Å². The first-order valence-electron chi connectivity index (χ1n) is 23.6. The third-order valence-electron chi connectivity index (χ3n) is 13.9. The predicted octanol–water partition coefficient (Wildman–Crippen LogP) is 17.4. The zero-order chi connectivity index (χ0) is 56.6. The van der Waals surface area contributed by atoms with Gasteiger partial charge in [-0.05, 0) is 66.8 Å². The molecule has 0 fully saturated rings. The molecule has 0 spiro atoms. The molecule has 0 saturated carbocycles. The fourth-order valence-corrected chi connectivity index (χ4v) is 9.94. The summed E-state index contributed by atoms with van der Waals surface area (Å²) >= 11 is 0. The van der Waals surface area contributed by atoms with Crippen molar-refractivity contribution in [2.24, 2.45) is 0 Å². The molecule has 28 aliphatic carbocycles. The summed E-state index contributed by atoms with van der Waals surface area (Å²) in [6.45, 7) is 0. The predicted molar refractivity (Wildman–Crippen MR) is 281 cm³/mol. The van der Waals surface area contributed by atoms with Gasteiger partial charge in [0.2, 0.25) is 0 Å². The second kappa shape index (κ2) is 19.7. The van der Waals surface area contributed by atoms with Crippen LogP contribution in [0.2, 0.25) is 0 Å². The molecule has 10 aromatic carbocycles. The number of hydrogen-bond acceptors (Lipinski definition) is 8. The van der Waals surface area contributed by atoms with Crippen molar-refractivity contribution in [3.05, 3.63) is 257 Å². The molecule has 0 heterocycles. The van der Waals surface area contributed by atoms with Crippen molar-refractivity contribution in [2.75, 3.05) is 0 Å². The van der Waals surface area contributed by atoms with E-state index in [0.29, 0.717) is 22.3 Å². The van der Waals surface area contributed by atoms with Gasteiger partial charge >= 0.3 is 0 Å². The lowest BCUT2D eigenvalue weighted by molar-refractivity contribution is -0.388. The molecular formula is C60H28F8N4O8. The van der Waals surface area contributed by atoms with Crippen LogP contribution in [0, 0.1) is 87.0 Å². The first kappa shape index (κ1) is 51.4. The summed E-state index contributed by atoms with van der Waals surface area (Å²) in [5.74, 6) is -14.1. The molecule has 12 nitrogen and oxygen atoms in total. The van der Waals surface area contributed by atoms with Gasteiger partial charge in [-0.25, -0.2) is 35.1 Å². The van der Waals surface area contributed by atoms with Crippen LogP contribution in [0.1, 0.15) is 0 Å². The number of halogens is 8. The number of benzene rings is 10. The molecule has 0 saturated heterocycles. The Balaban J connectivity index is 1.05. The highest BCUT2D eigenvalue weighted by Gasteiger charge is 2.32. The number of nitrogens with zero attached hydrogens (tertiary/aromatic N) is 4. The van der Waals surface area contributed by atoms with Crippen molar-refractivity contribution in [1.29, 1.82) is 0 Å². The number of hydrogen-bond donors (Lipinski definition) is 0. The minimum absolute atomic E-state index is 0.0496. The van der Waals surface area contributed by atoms with Gasteiger partial charge in [-0.2, -0.15) is 0 Å². The lowest BCUT2D eigenvalue weighted by Crippen LogP contribution is -2.03. The van der Waals surface area contributed by atoms with Gasteiger partial charge in [0.05, 0.1) is 64.2 Å². The van der Waals surface area contributed by atoms with Gasteiger partial charge < -0.3 is 0 Å². The van der Waals surface area contributed by atoms with E-state index in [0.717, 1.165) is 72.8 Å². The molecule has 0 radical (unpaired) electrons. The first-order valence-corrected chi connectivity index (χ1v) is 23.6. The maximum absolute atomic E-state index is 16.0. The molecule has 392 valence electrons. The SMILES string of the molecule is O=[N+]([O-])c1cc2c([N+](=O)[O-])cc1-c1ccc(cc1)-c1ccc(cc1)-c1c(F)c(F)c(c(F)c1F)-c1ccc(cc1)-c1cc([N+](=O)[O-])c(cc1[N+](=O)[O-])-c1ccc(cc1)-c1ccc(cc1)-c1c(F)c(F)c(c(F)c1F)-c1ccc-2cc1. The molecule has 0 aromatic heterocycles. The molecule has 80 heavy (non-hydrogen) atoms. The van der Waals surface area contributed by atoms with Crippen LogP contribution in [0.5, 0.6) is 0 Å². The van der Waals surface area contributed by atoms with Crippen molar-refractivity contribution in [2.45, 2.75) is 0 Å². The smallest absolute Gasteiger partial charge is 0.258 e. The summed E-state index contributed by atoms with van der Waals surface area (Å²) in [6, 6.07) is 34.0. The quantitative estimate of drug-likeness (QED) is 0.0725. The third kappa shape index (κ3) is 8.60. The van der Waals surface area contributed by atoms with Crippen LogP contribution in [0.4, 0.5) is 57.9 Å². The Hall–Kier alpha value is -10.8. The van der Waals surface area contributed by atoms with Crippen molar-refractivity contribution in [1.82, 2.24) is 0 Å². The third-order valence-corrected chi connectivity index (χ3v) is 13.9. The summed E-state index contributed by atoms with van der Waals surface area (Å²) in [5.41, 5.74) is -7.37. The second-order valence-electron chi connectivity index (χ2n) is 18.3. The van der Waals surface area contributed by atoms with Gasteiger partial charge in [-0.3, -0.25) is 40.5 Å². The van der Waals surface area contributed by atoms with E-state index in [9.17, 15) is 40.5 Å². The molecule has 0 unspecified atom stereocenters. The van der Waals surface area contributed by atoms with Gasteiger partial charge in [0.15, 0.2) is 46.5 Å². The minimum Gasteiger partial charge on any atom is -0.258 e. The number of nitro groups is 4. The Bertz CT molecular complexity index is 3960. The lowest BCUT2D eigenvalue weighted by atomic mass is 9.92. The molecule has 0 aliphatic heterocycles. The zero-order valence-electron chi connectivity index (χ0n) is 40.2. The van der Waals surface area contributed by atoms with Crippen LogP contribution in [-0.2, 0) is 0 Å². The fraction of sp³-hybridized carbons (Fsp3) is 0. The lowest BCUT2D eigenvalue weighted by Gasteiger charge is -2.14. The van der Waals surface area contributed by atoms with Crippen LogP contribution in [0.25, 0.3) is 111 Å². The molecule has 20 heteroatoms. The molecule has 0 N–H and O–H groups in total. The maximum atomic E-state index is 16.0. The zero-order valence-corrected chi connectivity index (χ0v) is 40.2. The molecule has 0 atom stereocenters. The standard InChI is InChI=1S/C60H28F8N4O8/c61-53-49-37-17-5-31(6-18-37)29-1-9-33(10-2-29)41-25-47(71(77)78)43(27-45(41)69(73)74)35-13-21-39(22-14-35)52-59(67)55(63)50(56(64)60(52)68)38-19-7-32(8-20-38)30-3-11-34(12-4-30)42-26-48(72(79)80)44(28-46(42)70(75)76)36-15-23-40(24-16-36)51(57(53)65)58(66)54(49)62/h1-28H. The van der Waals surface area contributed by atoms with E-state index in [4.69, 9.17) is 0 Å². The van der Waals surface area contributed by atoms with E-state index in [1.807, 2.05) is 0 Å². The first-order chi connectivity index (χ1) is 38.3. The van der Waals surface area contributed by atoms with Gasteiger partial charge in [0.25, 0.3) is 22.7 Å². The summed E-state index contributed by atoms with van der Waals surface area (Å²) in [5, 5.41) is 50.1. The molecule has 0 amide bonds. The van der Waals surface area contributed by atoms with Gasteiger partial charge in [0.1, 0.15) is 0 Å². The van der Waals surface area contributed by atoms with E-state index in [1.54, 1.807) is 0 Å². The summed E-state index contributed by atoms with van der Waals surface area (Å²) in [6.07, 6.45) is 0. The summed E-state index contributed by atoms with van der Waals surface area (Å²) in [4.78, 5) is 46.9. The normalized spacial score (nSPS) is 11.4. The Kier molecular flexibility index (Phi) is 12.6. The fourth-order valence-electron chi connectivity index (χ4n) is 9.94. The van der Waals surface area contributed by atoms with Crippen LogP contribution < -0.4 is 0 Å². The Morgan fingerprint density at radius 3 is 0.475 bits per heavy atom. The van der Waals surface area contributed by atoms with Crippen LogP contribution in [0.15, 0.2) is 170 Å². The highest BCUT2D eigenvalue weighted by Crippen LogP contribution is 2.46. The van der Waals surface area contributed by atoms with Gasteiger partial charge in [0, 0.05) is 24.3 Å². The van der Waals surface area contributed by atoms with Crippen molar-refractivity contribution in [3.63, 3.8) is 0 Å². The molecule has 38 rings (SSSR count). The summed E-state index contributed by atoms with van der Waals surface area (Å²) < 4.78 is 128. The van der Waals surface area contributed by atoms with Crippen molar-refractivity contribution >= 4 is 22.7 Å². The van der Waals surface area contributed by atoms with Gasteiger partial charge in [-0.1, -0.05) is 146 Å². The topological polar surface area (TPSA) is 173 Å². The Morgan fingerprint density at radius 2 is 0.338 bits per heavy atom. The second-order valence-corrected chi connectivity index (χ2v) is 18.3. The maximum Gasteiger partial charge on any atom is 0.278 e. The Labute approximate surface area is 444 Å². The van der Waals surface area contributed by atoms with Gasteiger partial charge in [-0.15, -0.1) is 0 Å². The van der Waals surface area contributed by atoms with Crippen LogP contribution in [0.3, 0.4) is 0 Å². The highest BCUT2D eigenvalue weighted by molar-refractivity contribution is 5.89. The highest BCUT2D eigenvalue weighted by atomic mass is 19.2. The van der Waals surface area contributed by atoms with Crippen molar-refractivity contribution < 1.29 is 54.8 Å². The monoisotopic (exact) mass is 1080 g/mol. The van der Waals surface area contributed by atoms with E-state index in [-0.39, 0.29) is 55.6 Å². The van der Waals surface area contributed by atoms with E-state index < -0.39 is 122 Å². The average molecular weight is 1080 g/mol. The molecule has 10 aromatic rings. The Morgan fingerprint density at radius 1 is 0.212 bits per heavy atom. The largest absolute Gasteiger partial charge is 0.278 e. The van der Waals surface area contributed by atoms with E-state index in [1.165, 1.54) is 97.1 Å². The summed E-state index contributed by atoms with van der Waals surface area (Å²) in [7, 11) is 0. The van der Waals surface area contributed by atoms with Crippen LogP contribution >= 0.6 is 0 Å². The number of rotatable bonds is 4. The molecule has 20 bridgehead atoms. The van der Waals surface area contributed by atoms with E-state index in [2.05, 4.69) is 0 Å². The number of nitro benzene ring substituents is 4. The minimum atomic E-state index is -1.78. The molecule has 28 aliphatic rings.